The first-order valence-electron chi connectivity index (χ1n) is 4.75. The van der Waals surface area contributed by atoms with Gasteiger partial charge in [0.25, 0.3) is 0 Å². The van der Waals surface area contributed by atoms with Gasteiger partial charge in [0.1, 0.15) is 9.52 Å². The highest BCUT2D eigenvalue weighted by Gasteiger charge is 2.06. The Morgan fingerprint density at radius 2 is 2.06 bits per heavy atom. The van der Waals surface area contributed by atoms with Crippen LogP contribution in [-0.2, 0) is 0 Å². The highest BCUT2D eigenvalue weighted by atomic mass is 127. The number of rotatable bonds is 2. The van der Waals surface area contributed by atoms with E-state index in [1.807, 2.05) is 6.20 Å². The molecule has 17 heavy (non-hydrogen) atoms. The number of nitrogens with zero attached hydrogens (tertiary/aromatic N) is 3. The number of halogens is 2. The summed E-state index contributed by atoms with van der Waals surface area (Å²) < 4.78 is 15.4. The van der Waals surface area contributed by atoms with Gasteiger partial charge in [-0.15, -0.1) is 5.10 Å². The molecular formula is C10H6FIN4S. The molecule has 2 heterocycles. The zero-order valence-corrected chi connectivity index (χ0v) is 11.4. The molecule has 0 aliphatic rings. The SMILES string of the molecule is Fc1ccc(Nc2nn3cc(I)nc3s2)cc1. The average molecular weight is 360 g/mol. The largest absolute Gasteiger partial charge is 0.330 e. The van der Waals surface area contributed by atoms with Crippen molar-refractivity contribution in [3.8, 4) is 0 Å². The van der Waals surface area contributed by atoms with Gasteiger partial charge in [-0.1, -0.05) is 11.3 Å². The Labute approximate surface area is 114 Å². The fourth-order valence-electron chi connectivity index (χ4n) is 1.38. The highest BCUT2D eigenvalue weighted by Crippen LogP contribution is 2.23. The lowest BCUT2D eigenvalue weighted by molar-refractivity contribution is 0.628. The normalized spacial score (nSPS) is 10.9. The summed E-state index contributed by atoms with van der Waals surface area (Å²) in [5.41, 5.74) is 0.804. The Morgan fingerprint density at radius 1 is 1.29 bits per heavy atom. The van der Waals surface area contributed by atoms with Crippen molar-refractivity contribution >= 4 is 49.7 Å². The molecule has 0 spiro atoms. The summed E-state index contributed by atoms with van der Waals surface area (Å²) >= 11 is 3.59. The van der Waals surface area contributed by atoms with E-state index in [-0.39, 0.29) is 5.82 Å². The second-order valence-electron chi connectivity index (χ2n) is 3.33. The summed E-state index contributed by atoms with van der Waals surface area (Å²) in [6.07, 6.45) is 1.85. The molecule has 86 valence electrons. The maximum atomic E-state index is 12.7. The topological polar surface area (TPSA) is 42.2 Å². The van der Waals surface area contributed by atoms with Crippen LogP contribution in [0.1, 0.15) is 0 Å². The van der Waals surface area contributed by atoms with Crippen molar-refractivity contribution in [1.29, 1.82) is 0 Å². The summed E-state index contributed by atoms with van der Waals surface area (Å²) in [7, 11) is 0. The standard InChI is InChI=1S/C10H6FIN4S/c11-6-1-3-7(4-2-6)13-9-15-16-5-8(12)14-10(16)17-9/h1-5H,(H,13,15). The molecule has 2 aromatic heterocycles. The fourth-order valence-corrected chi connectivity index (χ4v) is 2.84. The minimum absolute atomic E-state index is 0.251. The zero-order chi connectivity index (χ0) is 11.8. The Hall–Kier alpha value is -1.22. The van der Waals surface area contributed by atoms with Crippen molar-refractivity contribution in [3.05, 3.63) is 40.0 Å². The van der Waals surface area contributed by atoms with Gasteiger partial charge >= 0.3 is 0 Å². The van der Waals surface area contributed by atoms with Crippen LogP contribution in [0.5, 0.6) is 0 Å². The van der Waals surface area contributed by atoms with Gasteiger partial charge in [-0.3, -0.25) is 0 Å². The summed E-state index contributed by atoms with van der Waals surface area (Å²) in [6.45, 7) is 0. The molecular weight excluding hydrogens is 354 g/mol. The van der Waals surface area contributed by atoms with E-state index < -0.39 is 0 Å². The molecule has 0 saturated heterocycles. The van der Waals surface area contributed by atoms with Gasteiger partial charge in [-0.25, -0.2) is 13.9 Å². The van der Waals surface area contributed by atoms with Crippen LogP contribution in [-0.4, -0.2) is 14.6 Å². The van der Waals surface area contributed by atoms with Crippen LogP contribution >= 0.6 is 33.9 Å². The monoisotopic (exact) mass is 360 g/mol. The quantitative estimate of drug-likeness (QED) is 0.714. The van der Waals surface area contributed by atoms with Gasteiger partial charge in [0.05, 0.1) is 6.20 Å². The Kier molecular flexibility index (Phi) is 2.71. The van der Waals surface area contributed by atoms with Crippen molar-refractivity contribution in [2.45, 2.75) is 0 Å². The predicted octanol–water partition coefficient (Wildman–Crippen LogP) is 3.28. The number of hydrogen-bond donors (Lipinski definition) is 1. The molecule has 1 aromatic carbocycles. The minimum Gasteiger partial charge on any atom is -0.330 e. The number of anilines is 2. The fraction of sp³-hybridized carbons (Fsp3) is 0. The first-order valence-corrected chi connectivity index (χ1v) is 6.64. The summed E-state index contributed by atoms with van der Waals surface area (Å²) in [5.74, 6) is -0.251. The van der Waals surface area contributed by atoms with E-state index in [9.17, 15) is 4.39 Å². The van der Waals surface area contributed by atoms with Gasteiger partial charge in [-0.05, 0) is 46.9 Å². The number of hydrogen-bond acceptors (Lipinski definition) is 4. The summed E-state index contributed by atoms with van der Waals surface area (Å²) in [4.78, 5) is 5.13. The van der Waals surface area contributed by atoms with Crippen LogP contribution in [0.3, 0.4) is 0 Å². The molecule has 0 atom stereocenters. The second-order valence-corrected chi connectivity index (χ2v) is 5.39. The van der Waals surface area contributed by atoms with Gasteiger partial charge in [-0.2, -0.15) is 0 Å². The van der Waals surface area contributed by atoms with Crippen molar-refractivity contribution < 1.29 is 4.39 Å². The van der Waals surface area contributed by atoms with Gasteiger partial charge in [0.2, 0.25) is 10.1 Å². The molecule has 0 amide bonds. The molecule has 0 unspecified atom stereocenters. The zero-order valence-electron chi connectivity index (χ0n) is 8.39. The second kappa shape index (κ2) is 4.22. The van der Waals surface area contributed by atoms with E-state index >= 15 is 0 Å². The Morgan fingerprint density at radius 3 is 2.76 bits per heavy atom. The van der Waals surface area contributed by atoms with E-state index in [2.05, 4.69) is 38.0 Å². The Bertz CT molecular complexity index is 629. The molecule has 0 saturated carbocycles. The molecule has 3 aromatic rings. The number of nitrogens with one attached hydrogen (secondary N) is 1. The van der Waals surface area contributed by atoms with E-state index in [0.29, 0.717) is 0 Å². The molecule has 0 aliphatic carbocycles. The minimum atomic E-state index is -0.251. The lowest BCUT2D eigenvalue weighted by atomic mass is 10.3. The van der Waals surface area contributed by atoms with E-state index in [1.54, 1.807) is 16.6 Å². The van der Waals surface area contributed by atoms with Gasteiger partial charge in [0, 0.05) is 5.69 Å². The van der Waals surface area contributed by atoms with E-state index in [4.69, 9.17) is 0 Å². The molecule has 0 aliphatic heterocycles. The number of fused-ring (bicyclic) bond motifs is 1. The van der Waals surface area contributed by atoms with Crippen LogP contribution in [0.25, 0.3) is 4.96 Å². The number of benzene rings is 1. The van der Waals surface area contributed by atoms with Gasteiger partial charge < -0.3 is 5.32 Å². The lowest BCUT2D eigenvalue weighted by Crippen LogP contribution is -1.90. The van der Waals surface area contributed by atoms with Crippen molar-refractivity contribution in [2.24, 2.45) is 0 Å². The third-order valence-electron chi connectivity index (χ3n) is 2.11. The molecule has 4 nitrogen and oxygen atoms in total. The smallest absolute Gasteiger partial charge is 0.214 e. The van der Waals surface area contributed by atoms with Crippen molar-refractivity contribution in [2.75, 3.05) is 5.32 Å². The third-order valence-corrected chi connectivity index (χ3v) is 3.47. The van der Waals surface area contributed by atoms with E-state index in [0.717, 1.165) is 19.5 Å². The predicted molar refractivity (Wildman–Crippen MR) is 73.3 cm³/mol. The average Bonchev–Trinajstić information content (AvgIpc) is 2.78. The van der Waals surface area contributed by atoms with Gasteiger partial charge in [0.15, 0.2) is 0 Å². The summed E-state index contributed by atoms with van der Waals surface area (Å²) in [5, 5.41) is 8.15. The maximum Gasteiger partial charge on any atom is 0.214 e. The molecule has 0 radical (unpaired) electrons. The molecule has 0 fully saturated rings. The summed E-state index contributed by atoms with van der Waals surface area (Å²) in [6, 6.07) is 6.15. The van der Waals surface area contributed by atoms with Crippen LogP contribution in [0.2, 0.25) is 0 Å². The van der Waals surface area contributed by atoms with Crippen LogP contribution in [0.15, 0.2) is 30.5 Å². The van der Waals surface area contributed by atoms with Crippen LogP contribution < -0.4 is 5.32 Å². The maximum absolute atomic E-state index is 12.7. The van der Waals surface area contributed by atoms with Crippen LogP contribution in [0.4, 0.5) is 15.2 Å². The number of aromatic nitrogens is 3. The third kappa shape index (κ3) is 2.25. The molecule has 0 bridgehead atoms. The van der Waals surface area contributed by atoms with Crippen molar-refractivity contribution in [1.82, 2.24) is 14.6 Å². The molecule has 7 heteroatoms. The molecule has 1 N–H and O–H groups in total. The van der Waals surface area contributed by atoms with E-state index in [1.165, 1.54) is 23.5 Å². The highest BCUT2D eigenvalue weighted by molar-refractivity contribution is 14.1. The first kappa shape index (κ1) is 10.9. The molecule has 3 rings (SSSR count). The Balaban J connectivity index is 1.89. The van der Waals surface area contributed by atoms with Crippen LogP contribution in [0, 0.1) is 9.52 Å². The van der Waals surface area contributed by atoms with Crippen molar-refractivity contribution in [3.63, 3.8) is 0 Å². The lowest BCUT2D eigenvalue weighted by Gasteiger charge is -2.00. The number of imidazole rings is 1. The first-order chi connectivity index (χ1) is 8.20.